The predicted molar refractivity (Wildman–Crippen MR) is 68.6 cm³/mol. The van der Waals surface area contributed by atoms with Crippen LogP contribution in [0.1, 0.15) is 32.6 Å². The highest BCUT2D eigenvalue weighted by Crippen LogP contribution is 2.19. The van der Waals surface area contributed by atoms with Crippen LogP contribution in [0.3, 0.4) is 0 Å². The fourth-order valence-electron chi connectivity index (χ4n) is 2.13. The molecule has 0 spiro atoms. The van der Waals surface area contributed by atoms with Gasteiger partial charge in [-0.2, -0.15) is 0 Å². The highest BCUT2D eigenvalue weighted by molar-refractivity contribution is 7.90. The fraction of sp³-hybridized carbons (Fsp3) is 0.909. The molecule has 1 aliphatic rings. The average molecular weight is 278 g/mol. The Labute approximate surface area is 109 Å². The predicted octanol–water partition coefficient (Wildman–Crippen LogP) is -0.00210. The molecule has 1 rings (SSSR count). The highest BCUT2D eigenvalue weighted by Gasteiger charge is 2.32. The van der Waals surface area contributed by atoms with Gasteiger partial charge in [-0.15, -0.1) is 0 Å². The zero-order valence-corrected chi connectivity index (χ0v) is 11.9. The van der Waals surface area contributed by atoms with Crippen LogP contribution < -0.4 is 10.0 Å². The summed E-state index contributed by atoms with van der Waals surface area (Å²) in [6.07, 6.45) is 3.46. The van der Waals surface area contributed by atoms with Gasteiger partial charge in [-0.05, 0) is 39.7 Å². The lowest BCUT2D eigenvalue weighted by Crippen LogP contribution is -2.46. The van der Waals surface area contributed by atoms with E-state index in [0.29, 0.717) is 6.04 Å². The quantitative estimate of drug-likeness (QED) is 0.691. The SMILES string of the molecule is CNC1CCC(NS(=O)(=O)C(C)C(=O)OC)CC1. The fourth-order valence-corrected chi connectivity index (χ4v) is 3.38. The van der Waals surface area contributed by atoms with Crippen LogP contribution in [0, 0.1) is 0 Å². The smallest absolute Gasteiger partial charge is 0.325 e. The van der Waals surface area contributed by atoms with E-state index in [2.05, 4.69) is 14.8 Å². The number of ether oxygens (including phenoxy) is 1. The molecule has 1 atom stereocenters. The lowest BCUT2D eigenvalue weighted by atomic mass is 9.92. The molecule has 0 amide bonds. The molecule has 0 bridgehead atoms. The standard InChI is InChI=1S/C11H22N2O4S/c1-8(11(14)17-3)18(15,16)13-10-6-4-9(12-2)5-7-10/h8-10,12-13H,4-7H2,1-3H3. The number of carbonyl (C=O) groups excluding carboxylic acids is 1. The first-order chi connectivity index (χ1) is 8.40. The molecule has 0 heterocycles. The van der Waals surface area contributed by atoms with E-state index in [9.17, 15) is 13.2 Å². The molecule has 0 radical (unpaired) electrons. The maximum Gasteiger partial charge on any atom is 0.325 e. The summed E-state index contributed by atoms with van der Waals surface area (Å²) < 4.78 is 30.9. The summed E-state index contributed by atoms with van der Waals surface area (Å²) in [5, 5.41) is 2.02. The van der Waals surface area contributed by atoms with Gasteiger partial charge in [-0.3, -0.25) is 4.79 Å². The minimum absolute atomic E-state index is 0.0771. The number of hydrogen-bond donors (Lipinski definition) is 2. The molecule has 0 aliphatic heterocycles. The average Bonchev–Trinajstić information content (AvgIpc) is 2.37. The van der Waals surface area contributed by atoms with Crippen molar-refractivity contribution < 1.29 is 17.9 Å². The van der Waals surface area contributed by atoms with E-state index in [0.717, 1.165) is 25.7 Å². The molecule has 1 saturated carbocycles. The summed E-state index contributed by atoms with van der Waals surface area (Å²) in [6.45, 7) is 1.34. The number of rotatable bonds is 5. The van der Waals surface area contributed by atoms with E-state index in [1.807, 2.05) is 7.05 Å². The van der Waals surface area contributed by atoms with Gasteiger partial charge >= 0.3 is 5.97 Å². The Morgan fingerprint density at radius 1 is 1.22 bits per heavy atom. The Morgan fingerprint density at radius 2 is 1.72 bits per heavy atom. The molecule has 1 aliphatic carbocycles. The molecular weight excluding hydrogens is 256 g/mol. The Bertz CT molecular complexity index is 375. The normalized spacial score (nSPS) is 26.6. The van der Waals surface area contributed by atoms with Gasteiger partial charge in [0.1, 0.15) is 0 Å². The largest absolute Gasteiger partial charge is 0.468 e. The molecule has 6 nitrogen and oxygen atoms in total. The molecule has 0 aromatic heterocycles. The molecule has 7 heteroatoms. The molecule has 0 aromatic rings. The minimum Gasteiger partial charge on any atom is -0.468 e. The maximum absolute atomic E-state index is 11.9. The van der Waals surface area contributed by atoms with Gasteiger partial charge in [-0.1, -0.05) is 0 Å². The Morgan fingerprint density at radius 3 is 2.17 bits per heavy atom. The van der Waals surface area contributed by atoms with Crippen LogP contribution in [-0.4, -0.2) is 45.9 Å². The summed E-state index contributed by atoms with van der Waals surface area (Å²) >= 11 is 0. The van der Waals surface area contributed by atoms with Crippen LogP contribution in [0.15, 0.2) is 0 Å². The highest BCUT2D eigenvalue weighted by atomic mass is 32.2. The molecular formula is C11H22N2O4S. The first kappa shape index (κ1) is 15.4. The summed E-state index contributed by atoms with van der Waals surface area (Å²) in [6, 6.07) is 0.385. The van der Waals surface area contributed by atoms with Crippen molar-refractivity contribution in [2.75, 3.05) is 14.2 Å². The zero-order chi connectivity index (χ0) is 13.8. The molecule has 2 N–H and O–H groups in total. The van der Waals surface area contributed by atoms with Gasteiger partial charge in [-0.25, -0.2) is 13.1 Å². The monoisotopic (exact) mass is 278 g/mol. The van der Waals surface area contributed by atoms with Crippen molar-refractivity contribution in [3.05, 3.63) is 0 Å². The molecule has 0 aromatic carbocycles. The van der Waals surface area contributed by atoms with Gasteiger partial charge in [0.2, 0.25) is 10.0 Å². The van der Waals surface area contributed by atoms with Crippen molar-refractivity contribution in [1.82, 2.24) is 10.0 Å². The summed E-state index contributed by atoms with van der Waals surface area (Å²) in [5.41, 5.74) is 0. The van der Waals surface area contributed by atoms with Crippen molar-refractivity contribution in [2.45, 2.75) is 49.9 Å². The Balaban J connectivity index is 2.54. The number of sulfonamides is 1. The van der Waals surface area contributed by atoms with Crippen molar-refractivity contribution in [3.8, 4) is 0 Å². The summed E-state index contributed by atoms with van der Waals surface area (Å²) in [4.78, 5) is 11.2. The molecule has 1 fully saturated rings. The van der Waals surface area contributed by atoms with Crippen LogP contribution in [0.2, 0.25) is 0 Å². The van der Waals surface area contributed by atoms with Crippen LogP contribution in [0.5, 0.6) is 0 Å². The number of esters is 1. The molecule has 1 unspecified atom stereocenters. The molecule has 18 heavy (non-hydrogen) atoms. The molecule has 0 saturated heterocycles. The van der Waals surface area contributed by atoms with E-state index >= 15 is 0 Å². The topological polar surface area (TPSA) is 84.5 Å². The van der Waals surface area contributed by atoms with Crippen molar-refractivity contribution >= 4 is 16.0 Å². The Hall–Kier alpha value is -0.660. The van der Waals surface area contributed by atoms with Gasteiger partial charge in [0.05, 0.1) is 7.11 Å². The van der Waals surface area contributed by atoms with Crippen molar-refractivity contribution in [3.63, 3.8) is 0 Å². The maximum atomic E-state index is 11.9. The van der Waals surface area contributed by atoms with Crippen molar-refractivity contribution in [1.29, 1.82) is 0 Å². The second kappa shape index (κ2) is 6.49. The van der Waals surface area contributed by atoms with E-state index < -0.39 is 21.2 Å². The van der Waals surface area contributed by atoms with Gasteiger partial charge in [0.15, 0.2) is 5.25 Å². The van der Waals surface area contributed by atoms with Gasteiger partial charge in [0, 0.05) is 12.1 Å². The van der Waals surface area contributed by atoms with Crippen LogP contribution in [0.4, 0.5) is 0 Å². The Kier molecular flexibility index (Phi) is 5.55. The van der Waals surface area contributed by atoms with E-state index in [-0.39, 0.29) is 6.04 Å². The van der Waals surface area contributed by atoms with Crippen LogP contribution in [0.25, 0.3) is 0 Å². The number of methoxy groups -OCH3 is 1. The third-order valence-electron chi connectivity index (χ3n) is 3.46. The van der Waals surface area contributed by atoms with Crippen LogP contribution in [-0.2, 0) is 19.6 Å². The first-order valence-corrected chi connectivity index (χ1v) is 7.71. The molecule has 106 valence electrons. The van der Waals surface area contributed by atoms with Crippen LogP contribution >= 0.6 is 0 Å². The number of carbonyl (C=O) groups is 1. The lowest BCUT2D eigenvalue weighted by molar-refractivity contribution is -0.139. The number of nitrogens with one attached hydrogen (secondary N) is 2. The van der Waals surface area contributed by atoms with Gasteiger partial charge in [0.25, 0.3) is 0 Å². The van der Waals surface area contributed by atoms with E-state index in [4.69, 9.17) is 0 Å². The third-order valence-corrected chi connectivity index (χ3v) is 5.25. The number of hydrogen-bond acceptors (Lipinski definition) is 5. The second-order valence-electron chi connectivity index (χ2n) is 4.67. The van der Waals surface area contributed by atoms with E-state index in [1.54, 1.807) is 0 Å². The summed E-state index contributed by atoms with van der Waals surface area (Å²) in [7, 11) is -0.542. The minimum atomic E-state index is -3.64. The first-order valence-electron chi connectivity index (χ1n) is 6.17. The van der Waals surface area contributed by atoms with Crippen molar-refractivity contribution in [2.24, 2.45) is 0 Å². The summed E-state index contributed by atoms with van der Waals surface area (Å²) in [5.74, 6) is -0.730. The lowest BCUT2D eigenvalue weighted by Gasteiger charge is -2.29. The van der Waals surface area contributed by atoms with Gasteiger partial charge < -0.3 is 10.1 Å². The van der Waals surface area contributed by atoms with E-state index in [1.165, 1.54) is 14.0 Å². The zero-order valence-electron chi connectivity index (χ0n) is 11.1. The second-order valence-corrected chi connectivity index (χ2v) is 6.70. The third kappa shape index (κ3) is 3.93.